The number of rotatable bonds is 9. The van der Waals surface area contributed by atoms with E-state index < -0.39 is 0 Å². The molecular weight excluding hydrogens is 342 g/mol. The fraction of sp³-hybridized carbons (Fsp3) is 0.364. The number of nitrogens with one attached hydrogen (secondary N) is 1. The van der Waals surface area contributed by atoms with Gasteiger partial charge in [-0.1, -0.05) is 17.7 Å². The molecule has 0 aliphatic carbocycles. The summed E-state index contributed by atoms with van der Waals surface area (Å²) in [6.07, 6.45) is 0.308. The molecule has 0 heterocycles. The van der Waals surface area contributed by atoms with E-state index in [2.05, 4.69) is 5.32 Å². The van der Waals surface area contributed by atoms with Crippen molar-refractivity contribution in [3.05, 3.63) is 59.2 Å². The first-order valence-electron chi connectivity index (χ1n) is 9.14. The van der Waals surface area contributed by atoms with Gasteiger partial charge in [0.25, 0.3) is 0 Å². The van der Waals surface area contributed by atoms with E-state index in [0.717, 1.165) is 16.9 Å². The van der Waals surface area contributed by atoms with Crippen molar-refractivity contribution < 1.29 is 19.1 Å². The molecule has 1 N–H and O–H groups in total. The number of benzene rings is 2. The second-order valence-corrected chi connectivity index (χ2v) is 6.42. The van der Waals surface area contributed by atoms with Crippen LogP contribution in [0.15, 0.2) is 42.5 Å². The van der Waals surface area contributed by atoms with Crippen molar-refractivity contribution >= 4 is 11.7 Å². The first-order valence-corrected chi connectivity index (χ1v) is 9.14. The Hall–Kier alpha value is -2.82. The maximum Gasteiger partial charge on any atom is 0.220 e. The van der Waals surface area contributed by atoms with E-state index in [1.165, 1.54) is 0 Å². The van der Waals surface area contributed by atoms with Crippen molar-refractivity contribution in [3.8, 4) is 11.5 Å². The molecule has 5 nitrogen and oxygen atoms in total. The number of methoxy groups -OCH3 is 1. The lowest BCUT2D eigenvalue weighted by Crippen LogP contribution is -2.27. The highest BCUT2D eigenvalue weighted by Gasteiger charge is 2.16. The lowest BCUT2D eigenvalue weighted by atomic mass is 10.0. The largest absolute Gasteiger partial charge is 0.497 e. The molecule has 1 unspecified atom stereocenters. The van der Waals surface area contributed by atoms with Crippen molar-refractivity contribution in [3.63, 3.8) is 0 Å². The lowest BCUT2D eigenvalue weighted by Gasteiger charge is -2.18. The van der Waals surface area contributed by atoms with Gasteiger partial charge in [0.1, 0.15) is 11.5 Å². The SMILES string of the molecule is CCOc1ccc(C)cc1C(C)NC(=O)CCC(=O)c1ccc(OC)cc1. The zero-order valence-electron chi connectivity index (χ0n) is 16.4. The molecule has 0 bridgehead atoms. The monoisotopic (exact) mass is 369 g/mol. The summed E-state index contributed by atoms with van der Waals surface area (Å²) in [4.78, 5) is 24.5. The maximum absolute atomic E-state index is 12.3. The van der Waals surface area contributed by atoms with Crippen LogP contribution in [0.25, 0.3) is 0 Å². The topological polar surface area (TPSA) is 64.6 Å². The number of hydrogen-bond acceptors (Lipinski definition) is 4. The van der Waals surface area contributed by atoms with Gasteiger partial charge >= 0.3 is 0 Å². The highest BCUT2D eigenvalue weighted by atomic mass is 16.5. The van der Waals surface area contributed by atoms with Gasteiger partial charge in [0.15, 0.2) is 5.78 Å². The Labute approximate surface area is 160 Å². The molecule has 0 saturated heterocycles. The average Bonchev–Trinajstić information content (AvgIpc) is 2.67. The molecule has 2 aromatic rings. The van der Waals surface area contributed by atoms with Gasteiger partial charge in [0.2, 0.25) is 5.91 Å². The van der Waals surface area contributed by atoms with Crippen LogP contribution < -0.4 is 14.8 Å². The highest BCUT2D eigenvalue weighted by Crippen LogP contribution is 2.26. The maximum atomic E-state index is 12.3. The molecule has 0 aromatic heterocycles. The van der Waals surface area contributed by atoms with Crippen molar-refractivity contribution in [2.45, 2.75) is 39.7 Å². The van der Waals surface area contributed by atoms with E-state index >= 15 is 0 Å². The summed E-state index contributed by atoms with van der Waals surface area (Å²) in [5, 5.41) is 2.96. The van der Waals surface area contributed by atoms with Crippen molar-refractivity contribution in [2.24, 2.45) is 0 Å². The zero-order chi connectivity index (χ0) is 19.8. The predicted octanol–water partition coefficient (Wildman–Crippen LogP) is 4.24. The average molecular weight is 369 g/mol. The molecule has 0 fully saturated rings. The van der Waals surface area contributed by atoms with Gasteiger partial charge in [0, 0.05) is 24.0 Å². The Morgan fingerprint density at radius 1 is 1.07 bits per heavy atom. The van der Waals surface area contributed by atoms with E-state index in [9.17, 15) is 9.59 Å². The smallest absolute Gasteiger partial charge is 0.220 e. The zero-order valence-corrected chi connectivity index (χ0v) is 16.4. The van der Waals surface area contributed by atoms with Crippen molar-refractivity contribution in [2.75, 3.05) is 13.7 Å². The molecule has 5 heteroatoms. The second-order valence-electron chi connectivity index (χ2n) is 6.42. The Morgan fingerprint density at radius 2 is 1.78 bits per heavy atom. The molecule has 1 amide bonds. The fourth-order valence-corrected chi connectivity index (χ4v) is 2.83. The van der Waals surface area contributed by atoms with Gasteiger partial charge in [-0.05, 0) is 51.1 Å². The van der Waals surface area contributed by atoms with Crippen molar-refractivity contribution in [1.82, 2.24) is 5.32 Å². The minimum absolute atomic E-state index is 0.0639. The molecule has 0 aliphatic heterocycles. The van der Waals surface area contributed by atoms with E-state index in [-0.39, 0.29) is 30.6 Å². The molecule has 0 radical (unpaired) electrons. The number of amides is 1. The van der Waals surface area contributed by atoms with Crippen LogP contribution in [-0.4, -0.2) is 25.4 Å². The van der Waals surface area contributed by atoms with E-state index in [4.69, 9.17) is 9.47 Å². The minimum atomic E-state index is -0.199. The van der Waals surface area contributed by atoms with Crippen molar-refractivity contribution in [1.29, 1.82) is 0 Å². The number of carbonyl (C=O) groups is 2. The van der Waals surface area contributed by atoms with Crippen LogP contribution in [0.4, 0.5) is 0 Å². The number of carbonyl (C=O) groups excluding carboxylic acids is 2. The molecule has 1 atom stereocenters. The standard InChI is InChI=1S/C22H27NO4/c1-5-27-21-12-6-15(2)14-19(21)16(3)23-22(25)13-11-20(24)17-7-9-18(26-4)10-8-17/h6-10,12,14,16H,5,11,13H2,1-4H3,(H,23,25). The highest BCUT2D eigenvalue weighted by molar-refractivity contribution is 5.98. The summed E-state index contributed by atoms with van der Waals surface area (Å²) >= 11 is 0. The number of ketones is 1. The van der Waals surface area contributed by atoms with Crippen LogP contribution in [0.3, 0.4) is 0 Å². The van der Waals surface area contributed by atoms with Crippen LogP contribution in [0.5, 0.6) is 11.5 Å². The first kappa shape index (κ1) is 20.5. The lowest BCUT2D eigenvalue weighted by molar-refractivity contribution is -0.121. The third-order valence-electron chi connectivity index (χ3n) is 4.30. The normalized spacial score (nSPS) is 11.6. The van der Waals surface area contributed by atoms with Crippen LogP contribution in [0.1, 0.15) is 54.2 Å². The Balaban J connectivity index is 1.93. The summed E-state index contributed by atoms with van der Waals surface area (Å²) in [5.74, 6) is 1.24. The molecule has 2 aromatic carbocycles. The van der Waals surface area contributed by atoms with Gasteiger partial charge < -0.3 is 14.8 Å². The summed E-state index contributed by atoms with van der Waals surface area (Å²) in [5.41, 5.74) is 2.62. The molecular formula is C22H27NO4. The first-order chi connectivity index (χ1) is 12.9. The number of hydrogen-bond donors (Lipinski definition) is 1. The minimum Gasteiger partial charge on any atom is -0.497 e. The molecule has 0 spiro atoms. The van der Waals surface area contributed by atoms with E-state index in [1.54, 1.807) is 31.4 Å². The Morgan fingerprint density at radius 3 is 2.41 bits per heavy atom. The number of Topliss-reactive ketones (excluding diaryl/α,β-unsaturated/α-hetero) is 1. The predicted molar refractivity (Wildman–Crippen MR) is 105 cm³/mol. The molecule has 0 saturated carbocycles. The summed E-state index contributed by atoms with van der Waals surface area (Å²) in [6.45, 7) is 6.41. The quantitative estimate of drug-likeness (QED) is 0.672. The van der Waals surface area contributed by atoms with Crippen LogP contribution in [0.2, 0.25) is 0 Å². The molecule has 0 aliphatic rings. The third kappa shape index (κ3) is 5.84. The fourth-order valence-electron chi connectivity index (χ4n) is 2.83. The number of aryl methyl sites for hydroxylation is 1. The van der Waals surface area contributed by atoms with Gasteiger partial charge in [-0.2, -0.15) is 0 Å². The van der Waals surface area contributed by atoms with Crippen LogP contribution >= 0.6 is 0 Å². The summed E-state index contributed by atoms with van der Waals surface area (Å²) < 4.78 is 10.7. The van der Waals surface area contributed by atoms with E-state index in [1.807, 2.05) is 39.0 Å². The van der Waals surface area contributed by atoms with Gasteiger partial charge in [0.05, 0.1) is 19.8 Å². The molecule has 2 rings (SSSR count). The summed E-state index contributed by atoms with van der Waals surface area (Å²) in [6, 6.07) is 12.6. The molecule has 27 heavy (non-hydrogen) atoms. The van der Waals surface area contributed by atoms with Gasteiger partial charge in [-0.3, -0.25) is 9.59 Å². The van der Waals surface area contributed by atoms with Crippen LogP contribution in [0, 0.1) is 6.92 Å². The summed E-state index contributed by atoms with van der Waals surface area (Å²) in [7, 11) is 1.58. The number of ether oxygens (including phenoxy) is 2. The van der Waals surface area contributed by atoms with Gasteiger partial charge in [-0.15, -0.1) is 0 Å². The second kappa shape index (κ2) is 9.76. The van der Waals surface area contributed by atoms with Gasteiger partial charge in [-0.25, -0.2) is 0 Å². The molecule has 144 valence electrons. The Bertz CT molecular complexity index is 783. The van der Waals surface area contributed by atoms with E-state index in [0.29, 0.717) is 17.9 Å². The van der Waals surface area contributed by atoms with Crippen LogP contribution in [-0.2, 0) is 4.79 Å². The third-order valence-corrected chi connectivity index (χ3v) is 4.30. The Kier molecular flexibility index (Phi) is 7.41.